The molecule has 4 aromatic rings. The van der Waals surface area contributed by atoms with Crippen LogP contribution in [0.25, 0.3) is 11.1 Å². The van der Waals surface area contributed by atoms with E-state index in [0.29, 0.717) is 27.0 Å². The number of aliphatic hydroxyl groups is 1. The highest BCUT2D eigenvalue weighted by molar-refractivity contribution is 7.13. The van der Waals surface area contributed by atoms with Crippen LogP contribution in [0, 0.1) is 5.82 Å². The Balaban J connectivity index is 1.22. The number of nitrogens with one attached hydrogen (secondary N) is 2. The normalized spacial score (nSPS) is 18.0. The van der Waals surface area contributed by atoms with Crippen molar-refractivity contribution in [2.75, 3.05) is 36.4 Å². The van der Waals surface area contributed by atoms with E-state index >= 15 is 4.39 Å². The van der Waals surface area contributed by atoms with Crippen molar-refractivity contribution in [2.24, 2.45) is 0 Å². The summed E-state index contributed by atoms with van der Waals surface area (Å²) < 4.78 is 17.7. The summed E-state index contributed by atoms with van der Waals surface area (Å²) >= 11 is 8.03. The summed E-state index contributed by atoms with van der Waals surface area (Å²) in [6, 6.07) is 8.06. The summed E-state index contributed by atoms with van der Waals surface area (Å²) in [4.78, 5) is 26.5. The van der Waals surface area contributed by atoms with Crippen LogP contribution in [0.4, 0.5) is 15.2 Å². The van der Waals surface area contributed by atoms with Crippen LogP contribution in [-0.4, -0.2) is 62.9 Å². The monoisotopic (exact) mass is 593 g/mol. The number of halogens is 2. The number of fused-ring (bicyclic) bond motifs is 2. The summed E-state index contributed by atoms with van der Waals surface area (Å²) in [7, 11) is 0. The number of amides is 1. The molecule has 41 heavy (non-hydrogen) atoms. The maximum Gasteiger partial charge on any atom is 0.255 e. The number of nitrogens with zero attached hydrogens (tertiary/aromatic N) is 5. The van der Waals surface area contributed by atoms with Gasteiger partial charge in [0.2, 0.25) is 0 Å². The summed E-state index contributed by atoms with van der Waals surface area (Å²) in [6.07, 6.45) is 3.96. The van der Waals surface area contributed by atoms with E-state index in [1.54, 1.807) is 24.0 Å². The van der Waals surface area contributed by atoms with E-state index in [1.165, 1.54) is 22.3 Å². The van der Waals surface area contributed by atoms with E-state index in [9.17, 15) is 9.90 Å². The predicted octanol–water partition coefficient (Wildman–Crippen LogP) is 4.28. The molecule has 1 amide bonds. The Bertz CT molecular complexity index is 1600. The molecule has 0 spiro atoms. The van der Waals surface area contributed by atoms with Crippen molar-refractivity contribution >= 4 is 39.7 Å². The lowest BCUT2D eigenvalue weighted by Crippen LogP contribution is -2.43. The zero-order chi connectivity index (χ0) is 28.1. The smallest absolute Gasteiger partial charge is 0.255 e. The van der Waals surface area contributed by atoms with E-state index in [0.717, 1.165) is 62.5 Å². The third kappa shape index (κ3) is 4.76. The van der Waals surface area contributed by atoms with Crippen molar-refractivity contribution in [3.05, 3.63) is 81.6 Å². The van der Waals surface area contributed by atoms with Crippen molar-refractivity contribution in [1.29, 1.82) is 0 Å². The molecule has 2 aromatic carbocycles. The molecule has 9 nitrogen and oxygen atoms in total. The topological polar surface area (TPSA) is 98.6 Å². The van der Waals surface area contributed by atoms with Crippen molar-refractivity contribution in [2.45, 2.75) is 38.2 Å². The van der Waals surface area contributed by atoms with Gasteiger partial charge in [0.05, 0.1) is 29.3 Å². The minimum Gasteiger partial charge on any atom is -0.371 e. The lowest BCUT2D eigenvalue weighted by Gasteiger charge is -2.31. The lowest BCUT2D eigenvalue weighted by atomic mass is 9.99. The minimum atomic E-state index is -1.20. The van der Waals surface area contributed by atoms with Crippen LogP contribution >= 0.6 is 22.9 Å². The van der Waals surface area contributed by atoms with Gasteiger partial charge in [-0.25, -0.2) is 14.4 Å². The number of carbonyl (C=O) groups excluding carboxylic acids is 1. The molecule has 2 unspecified atom stereocenters. The number of aromatic nitrogens is 3. The number of carbonyl (C=O) groups is 1. The first-order chi connectivity index (χ1) is 20.0. The fourth-order valence-corrected chi connectivity index (χ4v) is 7.01. The summed E-state index contributed by atoms with van der Waals surface area (Å²) in [5.41, 5.74) is 4.45. The second-order valence-electron chi connectivity index (χ2n) is 10.6. The first-order valence-corrected chi connectivity index (χ1v) is 15.0. The minimum absolute atomic E-state index is 0.0244. The number of hydrogen-bond donors (Lipinski definition) is 3. The molecule has 1 fully saturated rings. The van der Waals surface area contributed by atoms with Gasteiger partial charge in [-0.1, -0.05) is 17.7 Å². The fourth-order valence-electron chi connectivity index (χ4n) is 6.14. The second kappa shape index (κ2) is 10.7. The maximum absolute atomic E-state index is 15.7. The Morgan fingerprint density at radius 2 is 1.98 bits per heavy atom. The van der Waals surface area contributed by atoms with Crippen molar-refractivity contribution in [3.63, 3.8) is 0 Å². The summed E-state index contributed by atoms with van der Waals surface area (Å²) in [5, 5.41) is 20.7. The van der Waals surface area contributed by atoms with Crippen LogP contribution in [0.3, 0.4) is 0 Å². The first-order valence-electron chi connectivity index (χ1n) is 13.7. The molecular weight excluding hydrogens is 565 g/mol. The van der Waals surface area contributed by atoms with Gasteiger partial charge in [-0.3, -0.25) is 4.79 Å². The fraction of sp³-hybridized carbons (Fsp3) is 0.345. The van der Waals surface area contributed by atoms with Gasteiger partial charge in [-0.05, 0) is 48.2 Å². The van der Waals surface area contributed by atoms with Gasteiger partial charge in [-0.15, -0.1) is 11.3 Å². The molecule has 2 aromatic heterocycles. The highest BCUT2D eigenvalue weighted by Gasteiger charge is 2.42. The number of thiazole rings is 1. The van der Waals surface area contributed by atoms with Gasteiger partial charge >= 0.3 is 0 Å². The van der Waals surface area contributed by atoms with E-state index < -0.39 is 18.1 Å². The van der Waals surface area contributed by atoms with Crippen molar-refractivity contribution in [3.8, 4) is 11.1 Å². The third-order valence-corrected chi connectivity index (χ3v) is 9.17. The predicted molar refractivity (Wildman–Crippen MR) is 157 cm³/mol. The van der Waals surface area contributed by atoms with Crippen molar-refractivity contribution < 1.29 is 14.3 Å². The van der Waals surface area contributed by atoms with Crippen LogP contribution in [0.1, 0.15) is 39.8 Å². The first kappa shape index (κ1) is 26.4. The van der Waals surface area contributed by atoms with Gasteiger partial charge in [0.25, 0.3) is 5.91 Å². The molecule has 212 valence electrons. The average Bonchev–Trinajstić information content (AvgIpc) is 3.77. The molecule has 0 saturated carbocycles. The number of anilines is 2. The molecule has 3 N–H and O–H groups in total. The lowest BCUT2D eigenvalue weighted by molar-refractivity contribution is 0.0436. The highest BCUT2D eigenvalue weighted by Crippen LogP contribution is 2.40. The molecule has 3 aliphatic rings. The van der Waals surface area contributed by atoms with Crippen LogP contribution in [0.5, 0.6) is 0 Å². The Kier molecular flexibility index (Phi) is 6.90. The number of benzene rings is 2. The Morgan fingerprint density at radius 3 is 2.76 bits per heavy atom. The molecule has 3 aliphatic heterocycles. The molecular formula is C29H29ClFN7O2S. The van der Waals surface area contributed by atoms with Gasteiger partial charge in [0.1, 0.15) is 11.9 Å². The number of aliphatic hydroxyl groups excluding tert-OH is 1. The zero-order valence-electron chi connectivity index (χ0n) is 22.2. The molecule has 12 heteroatoms. The largest absolute Gasteiger partial charge is 0.371 e. The van der Waals surface area contributed by atoms with Gasteiger partial charge in [0.15, 0.2) is 11.4 Å². The number of imidazole rings is 1. The third-order valence-electron chi connectivity index (χ3n) is 8.16. The van der Waals surface area contributed by atoms with Crippen molar-refractivity contribution in [1.82, 2.24) is 24.8 Å². The number of rotatable bonds is 7. The molecule has 0 bridgehead atoms. The Morgan fingerprint density at radius 1 is 1.12 bits per heavy atom. The zero-order valence-corrected chi connectivity index (χ0v) is 23.8. The van der Waals surface area contributed by atoms with Gasteiger partial charge < -0.3 is 30.1 Å². The van der Waals surface area contributed by atoms with E-state index in [4.69, 9.17) is 11.6 Å². The number of hydrogen-bond acceptors (Lipinski definition) is 8. The Labute approximate surface area is 245 Å². The van der Waals surface area contributed by atoms with E-state index in [1.807, 2.05) is 18.2 Å². The number of piperazine rings is 1. The van der Waals surface area contributed by atoms with E-state index in [-0.39, 0.29) is 18.0 Å². The summed E-state index contributed by atoms with van der Waals surface area (Å²) in [6.45, 7) is 4.37. The molecule has 1 saturated heterocycles. The number of aryl methyl sites for hydroxylation is 1. The summed E-state index contributed by atoms with van der Waals surface area (Å²) in [5.74, 6) is -0.819. The maximum atomic E-state index is 15.7. The SMILES string of the molecule is O=C1c2cc(-c3ccc(N4CCNCC4)c(Cl)c3)cc(F)c2CN1C(c1ncn2c1CCC2)C(O)Nc1nccs1. The van der Waals surface area contributed by atoms with Crippen LogP contribution < -0.4 is 15.5 Å². The van der Waals surface area contributed by atoms with Crippen LogP contribution in [-0.2, 0) is 19.5 Å². The quantitative estimate of drug-likeness (QED) is 0.275. The van der Waals surface area contributed by atoms with Gasteiger partial charge in [-0.2, -0.15) is 0 Å². The van der Waals surface area contributed by atoms with Gasteiger partial charge in [0, 0.05) is 61.1 Å². The molecule has 7 rings (SSSR count). The molecule has 2 atom stereocenters. The molecule has 0 radical (unpaired) electrons. The van der Waals surface area contributed by atoms with E-state index in [2.05, 4.69) is 30.1 Å². The highest BCUT2D eigenvalue weighted by atomic mass is 35.5. The molecule has 5 heterocycles. The van der Waals surface area contributed by atoms with Crippen LogP contribution in [0.15, 0.2) is 48.2 Å². The molecule has 0 aliphatic carbocycles. The standard InChI is InChI=1S/C29H29ClFN7O2S/c30-21-13-17(3-4-23(21)36-9-5-32-6-10-36)18-12-19-20(22(31)14-18)15-38(28(19)40)26(27(39)35-29-33-7-11-41-29)25-24-2-1-8-37(24)16-34-25/h3-4,7,11-14,16,26-27,32,39H,1-2,5-6,8-10,15H2,(H,33,35). The second-order valence-corrected chi connectivity index (χ2v) is 11.9. The van der Waals surface area contributed by atoms with Crippen LogP contribution in [0.2, 0.25) is 5.02 Å². The average molecular weight is 594 g/mol. The Hall–Kier alpha value is -3.51.